The van der Waals surface area contributed by atoms with Crippen LogP contribution in [0.1, 0.15) is 12.5 Å². The van der Waals surface area contributed by atoms with Crippen molar-refractivity contribution < 1.29 is 44.2 Å². The summed E-state index contributed by atoms with van der Waals surface area (Å²) in [5, 5.41) is 1.20. The van der Waals surface area contributed by atoms with Crippen LogP contribution in [0.4, 0.5) is 0 Å². The van der Waals surface area contributed by atoms with E-state index in [0.717, 1.165) is 5.56 Å². The Hall–Kier alpha value is -2.43. The molecular formula is C22H20FeO6S. The minimum Gasteiger partial charge on any atom is 0 e. The largest absolute Gasteiger partial charge is 0 e. The van der Waals surface area contributed by atoms with Gasteiger partial charge in [-0.15, -0.1) is 0 Å². The molecule has 0 spiro atoms. The average Bonchev–Trinajstić information content (AvgIpc) is 2.81. The second-order valence-electron chi connectivity index (χ2n) is 5.07. The molecule has 1 atom stereocenters. The van der Waals surface area contributed by atoms with Crippen molar-refractivity contribution in [3.8, 4) is 0 Å². The van der Waals surface area contributed by atoms with E-state index < -0.39 is 9.84 Å². The van der Waals surface area contributed by atoms with Crippen LogP contribution in [-0.2, 0) is 52.2 Å². The van der Waals surface area contributed by atoms with Crippen LogP contribution >= 0.6 is 0 Å². The van der Waals surface area contributed by atoms with E-state index in [1.54, 1.807) is 36.4 Å². The van der Waals surface area contributed by atoms with Crippen LogP contribution in [0.3, 0.4) is 0 Å². The zero-order valence-corrected chi connectivity index (χ0v) is 18.0. The quantitative estimate of drug-likeness (QED) is 0.265. The number of sulfone groups is 1. The van der Waals surface area contributed by atoms with E-state index in [1.807, 2.05) is 43.3 Å². The summed E-state index contributed by atoms with van der Waals surface area (Å²) in [6.45, 7) is 15.9. The van der Waals surface area contributed by atoms with Gasteiger partial charge in [-0.25, -0.2) is 8.42 Å². The summed E-state index contributed by atoms with van der Waals surface area (Å²) in [5.41, 5.74) is 1.11. The Labute approximate surface area is 188 Å². The molecule has 0 heterocycles. The van der Waals surface area contributed by atoms with Gasteiger partial charge in [0.25, 0.3) is 0 Å². The SMILES string of the molecule is C[C@@H](/C=C\C=C\S(=O)(=O)c1ccccc1)OCc1ccccc1.[C-]#[O+].[C-]#[O+].[C-]#[O+].[Fe]. The van der Waals surface area contributed by atoms with Gasteiger partial charge in [-0.1, -0.05) is 66.8 Å². The van der Waals surface area contributed by atoms with Crippen LogP contribution in [0.25, 0.3) is 0 Å². The van der Waals surface area contributed by atoms with Gasteiger partial charge in [0.1, 0.15) is 0 Å². The fraction of sp³-hybridized carbons (Fsp3) is 0.136. The molecule has 30 heavy (non-hydrogen) atoms. The molecule has 0 radical (unpaired) electrons. The van der Waals surface area contributed by atoms with Gasteiger partial charge in [0.2, 0.25) is 0 Å². The second kappa shape index (κ2) is 21.3. The van der Waals surface area contributed by atoms with Crippen molar-refractivity contribution in [2.75, 3.05) is 0 Å². The van der Waals surface area contributed by atoms with E-state index in [0.29, 0.717) is 6.61 Å². The van der Waals surface area contributed by atoms with E-state index in [4.69, 9.17) is 18.7 Å². The molecule has 0 saturated carbocycles. The van der Waals surface area contributed by atoms with Crippen LogP contribution < -0.4 is 0 Å². The molecule has 0 saturated heterocycles. The molecule has 0 unspecified atom stereocenters. The summed E-state index contributed by atoms with van der Waals surface area (Å²) < 4.78 is 52.2. The van der Waals surface area contributed by atoms with Crippen molar-refractivity contribution in [3.63, 3.8) is 0 Å². The van der Waals surface area contributed by atoms with E-state index >= 15 is 0 Å². The molecule has 6 nitrogen and oxygen atoms in total. The average molecular weight is 468 g/mol. The van der Waals surface area contributed by atoms with Crippen LogP contribution in [0, 0.1) is 20.0 Å². The fourth-order valence-electron chi connectivity index (χ4n) is 1.92. The van der Waals surface area contributed by atoms with Gasteiger partial charge >= 0.3 is 33.9 Å². The minimum absolute atomic E-state index is 0. The summed E-state index contributed by atoms with van der Waals surface area (Å²) in [6.07, 6.45) is 4.93. The molecule has 0 amide bonds. The molecule has 0 N–H and O–H groups in total. The monoisotopic (exact) mass is 468 g/mol. The topological polar surface area (TPSA) is 103 Å². The first-order valence-electron chi connectivity index (χ1n) is 8.00. The molecule has 0 aliphatic rings. The van der Waals surface area contributed by atoms with Crippen molar-refractivity contribution in [1.29, 1.82) is 0 Å². The van der Waals surface area contributed by atoms with Crippen LogP contribution in [0.5, 0.6) is 0 Å². The summed E-state index contributed by atoms with van der Waals surface area (Å²) in [4.78, 5) is 0.290. The van der Waals surface area contributed by atoms with Crippen molar-refractivity contribution in [1.82, 2.24) is 0 Å². The van der Waals surface area contributed by atoms with Gasteiger partial charge in [0.05, 0.1) is 17.6 Å². The standard InChI is InChI=1S/C19H20O3S.3CO.Fe/c1-17(22-16-18-11-4-2-5-12-18)10-8-9-15-23(20,21)19-13-6-3-7-14-19;3*1-2;/h2-15,17H,16H2,1H3;;;;/b10-8-,15-9+;;;;/t17-;;;;/m0..../s1. The Morgan fingerprint density at radius 1 is 0.867 bits per heavy atom. The summed E-state index contributed by atoms with van der Waals surface area (Å²) in [6, 6.07) is 18.3. The predicted molar refractivity (Wildman–Crippen MR) is 104 cm³/mol. The zero-order chi connectivity index (χ0) is 22.5. The molecule has 0 aromatic heterocycles. The second-order valence-corrected chi connectivity index (χ2v) is 6.91. The zero-order valence-electron chi connectivity index (χ0n) is 16.1. The molecule has 2 aromatic rings. The van der Waals surface area contributed by atoms with Gasteiger partial charge in [-0.05, 0) is 24.6 Å². The minimum atomic E-state index is -3.39. The summed E-state index contributed by atoms with van der Waals surface area (Å²) in [7, 11) is -3.39. The Bertz CT molecular complexity index is 871. The molecule has 8 heteroatoms. The van der Waals surface area contributed by atoms with Gasteiger partial charge in [-0.3, -0.25) is 0 Å². The molecule has 158 valence electrons. The Morgan fingerprint density at radius 2 is 1.33 bits per heavy atom. The van der Waals surface area contributed by atoms with Gasteiger partial charge < -0.3 is 4.74 Å². The molecule has 0 aliphatic carbocycles. The van der Waals surface area contributed by atoms with Crippen molar-refractivity contribution in [2.45, 2.75) is 24.5 Å². The van der Waals surface area contributed by atoms with Crippen molar-refractivity contribution >= 4 is 9.84 Å². The molecular weight excluding hydrogens is 448 g/mol. The molecule has 2 aromatic carbocycles. The van der Waals surface area contributed by atoms with E-state index in [-0.39, 0.29) is 28.1 Å². The van der Waals surface area contributed by atoms with Crippen LogP contribution in [0.2, 0.25) is 0 Å². The van der Waals surface area contributed by atoms with Crippen LogP contribution in [0.15, 0.2) is 89.2 Å². The Morgan fingerprint density at radius 3 is 1.83 bits per heavy atom. The fourth-order valence-corrected chi connectivity index (χ4v) is 2.91. The van der Waals surface area contributed by atoms with Crippen molar-refractivity contribution in [3.05, 3.63) is 110 Å². The maximum absolute atomic E-state index is 12.0. The maximum Gasteiger partial charge on any atom is 0 e. The smallest absolute Gasteiger partial charge is 0 e. The van der Waals surface area contributed by atoms with Gasteiger partial charge in [0, 0.05) is 22.5 Å². The summed E-state index contributed by atoms with van der Waals surface area (Å²) in [5.74, 6) is 0. The molecule has 2 rings (SSSR count). The van der Waals surface area contributed by atoms with Crippen LogP contribution in [-0.4, -0.2) is 14.5 Å². The van der Waals surface area contributed by atoms with E-state index in [1.165, 1.54) is 11.5 Å². The number of allylic oxidation sites excluding steroid dienone is 2. The molecule has 0 fully saturated rings. The number of ether oxygens (including phenoxy) is 1. The number of hydrogen-bond acceptors (Lipinski definition) is 3. The number of benzene rings is 2. The Kier molecular flexibility index (Phi) is 22.9. The number of hydrogen-bond donors (Lipinski definition) is 0. The summed E-state index contributed by atoms with van der Waals surface area (Å²) >= 11 is 0. The predicted octanol–water partition coefficient (Wildman–Crippen LogP) is 4.02. The first kappa shape index (κ1) is 32.2. The third-order valence-corrected chi connectivity index (χ3v) is 4.62. The maximum atomic E-state index is 12.0. The normalized spacial score (nSPS) is 10.6. The molecule has 0 aliphatic heterocycles. The first-order chi connectivity index (χ1) is 14.1. The molecule has 0 bridgehead atoms. The number of rotatable bonds is 7. The van der Waals surface area contributed by atoms with Gasteiger partial charge in [0.15, 0.2) is 9.84 Å². The Balaban J connectivity index is -0.000000955. The van der Waals surface area contributed by atoms with E-state index in [2.05, 4.69) is 20.0 Å². The van der Waals surface area contributed by atoms with Crippen molar-refractivity contribution in [2.24, 2.45) is 0 Å². The third kappa shape index (κ3) is 14.6. The van der Waals surface area contributed by atoms with Gasteiger partial charge in [-0.2, -0.15) is 0 Å². The van der Waals surface area contributed by atoms with E-state index in [9.17, 15) is 8.42 Å². The first-order valence-corrected chi connectivity index (χ1v) is 9.54. The third-order valence-electron chi connectivity index (χ3n) is 3.18.